The lowest BCUT2D eigenvalue weighted by atomic mass is 10.00. The standard InChI is InChI=1S/C20H31N3O2/c1-16-7-8-17(19(14-16)22-10-4-5-11-22)15-21-20(25)23-12-3-2-6-18(23)9-13-24/h7-8,14,18,24H,2-6,9-13,15H2,1H3,(H,21,25)/t18-/m0/s1. The molecule has 2 aliphatic rings. The van der Waals surface area contributed by atoms with Gasteiger partial charge >= 0.3 is 6.03 Å². The van der Waals surface area contributed by atoms with Gasteiger partial charge in [-0.1, -0.05) is 12.1 Å². The van der Waals surface area contributed by atoms with Crippen LogP contribution in [0.15, 0.2) is 18.2 Å². The smallest absolute Gasteiger partial charge is 0.317 e. The van der Waals surface area contributed by atoms with Gasteiger partial charge in [0.2, 0.25) is 0 Å². The number of nitrogens with zero attached hydrogens (tertiary/aromatic N) is 2. The van der Waals surface area contributed by atoms with Crippen molar-refractivity contribution in [2.75, 3.05) is 31.1 Å². The molecule has 1 aromatic carbocycles. The molecule has 2 amide bonds. The number of aliphatic hydroxyl groups excluding tert-OH is 1. The number of hydrogen-bond acceptors (Lipinski definition) is 3. The van der Waals surface area contributed by atoms with Crippen LogP contribution in [0.4, 0.5) is 10.5 Å². The Morgan fingerprint density at radius 3 is 2.72 bits per heavy atom. The number of piperidine rings is 1. The lowest BCUT2D eigenvalue weighted by Crippen LogP contribution is -2.48. The van der Waals surface area contributed by atoms with E-state index >= 15 is 0 Å². The lowest BCUT2D eigenvalue weighted by Gasteiger charge is -2.35. The molecule has 0 radical (unpaired) electrons. The number of urea groups is 1. The zero-order chi connectivity index (χ0) is 17.6. The van der Waals surface area contributed by atoms with E-state index in [0.29, 0.717) is 13.0 Å². The molecule has 0 aliphatic carbocycles. The molecule has 25 heavy (non-hydrogen) atoms. The van der Waals surface area contributed by atoms with Crippen LogP contribution in [0.3, 0.4) is 0 Å². The molecule has 0 unspecified atom stereocenters. The van der Waals surface area contributed by atoms with Gasteiger partial charge in [0.1, 0.15) is 0 Å². The molecule has 0 aromatic heterocycles. The third-order valence-electron chi connectivity index (χ3n) is 5.47. The largest absolute Gasteiger partial charge is 0.396 e. The molecule has 0 saturated carbocycles. The summed E-state index contributed by atoms with van der Waals surface area (Å²) >= 11 is 0. The van der Waals surface area contributed by atoms with Crippen LogP contribution >= 0.6 is 0 Å². The Bertz CT molecular complexity index is 582. The number of carbonyl (C=O) groups is 1. The van der Waals surface area contributed by atoms with Gasteiger partial charge in [0.05, 0.1) is 0 Å². The van der Waals surface area contributed by atoms with Crippen LogP contribution in [-0.2, 0) is 6.54 Å². The van der Waals surface area contributed by atoms with E-state index in [-0.39, 0.29) is 18.7 Å². The minimum Gasteiger partial charge on any atom is -0.396 e. The van der Waals surface area contributed by atoms with Crippen LogP contribution in [0.25, 0.3) is 0 Å². The molecule has 2 saturated heterocycles. The van der Waals surface area contributed by atoms with E-state index in [9.17, 15) is 9.90 Å². The molecular formula is C20H31N3O2. The maximum absolute atomic E-state index is 12.7. The second-order valence-electron chi connectivity index (χ2n) is 7.34. The van der Waals surface area contributed by atoms with E-state index in [1.165, 1.54) is 29.7 Å². The molecule has 1 aromatic rings. The van der Waals surface area contributed by atoms with E-state index in [0.717, 1.165) is 38.9 Å². The van der Waals surface area contributed by atoms with Crippen molar-refractivity contribution in [3.63, 3.8) is 0 Å². The number of aliphatic hydroxyl groups is 1. The summed E-state index contributed by atoms with van der Waals surface area (Å²) in [6.07, 6.45) is 6.37. The summed E-state index contributed by atoms with van der Waals surface area (Å²) < 4.78 is 0. The highest BCUT2D eigenvalue weighted by molar-refractivity contribution is 5.75. The first-order valence-electron chi connectivity index (χ1n) is 9.69. The van der Waals surface area contributed by atoms with Crippen LogP contribution in [-0.4, -0.2) is 48.3 Å². The molecule has 3 rings (SSSR count). The van der Waals surface area contributed by atoms with Crippen molar-refractivity contribution in [2.24, 2.45) is 0 Å². The van der Waals surface area contributed by atoms with Gasteiger partial charge in [0, 0.05) is 44.5 Å². The lowest BCUT2D eigenvalue weighted by molar-refractivity contribution is 0.131. The van der Waals surface area contributed by atoms with Crippen LogP contribution in [0.5, 0.6) is 0 Å². The summed E-state index contributed by atoms with van der Waals surface area (Å²) in [4.78, 5) is 17.0. The number of amides is 2. The van der Waals surface area contributed by atoms with Crippen LogP contribution in [0, 0.1) is 6.92 Å². The minimum absolute atomic E-state index is 0.00565. The molecule has 5 nitrogen and oxygen atoms in total. The summed E-state index contributed by atoms with van der Waals surface area (Å²) in [5.74, 6) is 0. The Morgan fingerprint density at radius 1 is 1.20 bits per heavy atom. The number of rotatable bonds is 5. The summed E-state index contributed by atoms with van der Waals surface area (Å²) in [6, 6.07) is 6.68. The Kier molecular flexibility index (Phi) is 6.19. The first-order valence-corrected chi connectivity index (χ1v) is 9.69. The third kappa shape index (κ3) is 4.46. The Labute approximate surface area is 151 Å². The first-order chi connectivity index (χ1) is 12.2. The normalized spacial score (nSPS) is 20.8. The quantitative estimate of drug-likeness (QED) is 0.862. The average molecular weight is 345 g/mol. The molecule has 2 fully saturated rings. The molecule has 2 heterocycles. The van der Waals surface area contributed by atoms with Gasteiger partial charge < -0.3 is 20.2 Å². The van der Waals surface area contributed by atoms with Gasteiger partial charge in [0.25, 0.3) is 0 Å². The highest BCUT2D eigenvalue weighted by Crippen LogP contribution is 2.26. The predicted octanol–water partition coefficient (Wildman–Crippen LogP) is 3.04. The molecule has 2 aliphatic heterocycles. The van der Waals surface area contributed by atoms with Crippen LogP contribution < -0.4 is 10.2 Å². The van der Waals surface area contributed by atoms with Crippen molar-refractivity contribution in [1.29, 1.82) is 0 Å². The van der Waals surface area contributed by atoms with Crippen molar-refractivity contribution in [3.8, 4) is 0 Å². The first kappa shape index (κ1) is 18.1. The Balaban J connectivity index is 1.65. The Morgan fingerprint density at radius 2 is 1.96 bits per heavy atom. The number of carbonyl (C=O) groups excluding carboxylic acids is 1. The molecule has 0 spiro atoms. The van der Waals surface area contributed by atoms with E-state index in [1.54, 1.807) is 0 Å². The fourth-order valence-electron chi connectivity index (χ4n) is 4.07. The van der Waals surface area contributed by atoms with Gasteiger partial charge in [-0.3, -0.25) is 0 Å². The van der Waals surface area contributed by atoms with E-state index < -0.39 is 0 Å². The SMILES string of the molecule is Cc1ccc(CNC(=O)N2CCCC[C@H]2CCO)c(N2CCCC2)c1. The van der Waals surface area contributed by atoms with Gasteiger partial charge in [-0.05, 0) is 62.6 Å². The van der Waals surface area contributed by atoms with Crippen molar-refractivity contribution >= 4 is 11.7 Å². The van der Waals surface area contributed by atoms with Gasteiger partial charge in [-0.25, -0.2) is 4.79 Å². The monoisotopic (exact) mass is 345 g/mol. The fraction of sp³-hybridized carbons (Fsp3) is 0.650. The highest BCUT2D eigenvalue weighted by atomic mass is 16.3. The van der Waals surface area contributed by atoms with Gasteiger partial charge in [-0.2, -0.15) is 0 Å². The molecule has 138 valence electrons. The minimum atomic E-state index is 0.00565. The maximum Gasteiger partial charge on any atom is 0.317 e. The number of hydrogen-bond donors (Lipinski definition) is 2. The molecular weight excluding hydrogens is 314 g/mol. The average Bonchev–Trinajstić information content (AvgIpc) is 3.15. The second kappa shape index (κ2) is 8.56. The van der Waals surface area contributed by atoms with E-state index in [1.807, 2.05) is 4.90 Å². The predicted molar refractivity (Wildman–Crippen MR) is 101 cm³/mol. The van der Waals surface area contributed by atoms with Crippen molar-refractivity contribution < 1.29 is 9.90 Å². The third-order valence-corrected chi connectivity index (χ3v) is 5.47. The molecule has 0 bridgehead atoms. The van der Waals surface area contributed by atoms with Crippen LogP contribution in [0.2, 0.25) is 0 Å². The zero-order valence-corrected chi connectivity index (χ0v) is 15.3. The number of anilines is 1. The number of benzene rings is 1. The fourth-order valence-corrected chi connectivity index (χ4v) is 4.07. The van der Waals surface area contributed by atoms with Crippen molar-refractivity contribution in [3.05, 3.63) is 29.3 Å². The highest BCUT2D eigenvalue weighted by Gasteiger charge is 2.26. The maximum atomic E-state index is 12.7. The molecule has 2 N–H and O–H groups in total. The Hall–Kier alpha value is -1.75. The molecule has 1 atom stereocenters. The molecule has 5 heteroatoms. The van der Waals surface area contributed by atoms with E-state index in [4.69, 9.17) is 0 Å². The van der Waals surface area contributed by atoms with Gasteiger partial charge in [-0.15, -0.1) is 0 Å². The van der Waals surface area contributed by atoms with Crippen LogP contribution in [0.1, 0.15) is 49.7 Å². The van der Waals surface area contributed by atoms with Gasteiger partial charge in [0.15, 0.2) is 0 Å². The topological polar surface area (TPSA) is 55.8 Å². The zero-order valence-electron chi connectivity index (χ0n) is 15.3. The summed E-state index contributed by atoms with van der Waals surface area (Å²) in [5.41, 5.74) is 3.72. The second-order valence-corrected chi connectivity index (χ2v) is 7.34. The number of nitrogens with one attached hydrogen (secondary N) is 1. The van der Waals surface area contributed by atoms with Crippen molar-refractivity contribution in [2.45, 2.75) is 58.0 Å². The summed E-state index contributed by atoms with van der Waals surface area (Å²) in [5, 5.41) is 12.4. The summed E-state index contributed by atoms with van der Waals surface area (Å²) in [6.45, 7) is 5.83. The van der Waals surface area contributed by atoms with E-state index in [2.05, 4.69) is 35.3 Å². The van der Waals surface area contributed by atoms with Crippen molar-refractivity contribution in [1.82, 2.24) is 10.2 Å². The number of likely N-dealkylation sites (tertiary alicyclic amines) is 1. The number of aryl methyl sites for hydroxylation is 1. The summed E-state index contributed by atoms with van der Waals surface area (Å²) in [7, 11) is 0.